The molecule has 0 aliphatic carbocycles. The number of ether oxygens (including phenoxy) is 3. The largest absolute Gasteiger partial charge is 0.461 e. The van der Waals surface area contributed by atoms with Crippen LogP contribution in [0.4, 0.5) is 5.82 Å². The number of nitrogens with two attached hydrogens (primary N) is 1. The van der Waals surface area contributed by atoms with Crippen LogP contribution in [0.25, 0.3) is 11.2 Å². The number of benzene rings is 1. The fourth-order valence-corrected chi connectivity index (χ4v) is 3.48. The minimum absolute atomic E-state index is 0.117. The van der Waals surface area contributed by atoms with Crippen LogP contribution in [0.3, 0.4) is 0 Å². The van der Waals surface area contributed by atoms with E-state index in [0.717, 1.165) is 38.4 Å². The van der Waals surface area contributed by atoms with Crippen molar-refractivity contribution in [3.63, 3.8) is 0 Å². The second-order valence-electron chi connectivity index (χ2n) is 7.16. The predicted molar refractivity (Wildman–Crippen MR) is 112 cm³/mol. The fraction of sp³-hybridized carbons (Fsp3) is 0.450. The predicted octanol–water partition coefficient (Wildman–Crippen LogP) is 0.608. The minimum Gasteiger partial charge on any atom is -0.461 e. The molecule has 10 nitrogen and oxygen atoms in total. The Labute approximate surface area is 173 Å². The maximum absolute atomic E-state index is 12.6. The maximum Gasteiger partial charge on any atom is 0.328 e. The highest BCUT2D eigenvalue weighted by Crippen LogP contribution is 2.19. The molecule has 0 radical (unpaired) electrons. The van der Waals surface area contributed by atoms with Crippen LogP contribution in [0.5, 0.6) is 6.01 Å². The molecule has 2 aromatic heterocycles. The van der Waals surface area contributed by atoms with Crippen molar-refractivity contribution in [3.8, 4) is 6.01 Å². The number of nitrogen functional groups attached to an aromatic ring is 1. The SMILES string of the molecule is COCCOc1nc(N)c2[nH]c(=O)n(Cc3cccc(CN4CCOCC4)c3)c2n1. The first-order chi connectivity index (χ1) is 14.6. The third-order valence-electron chi connectivity index (χ3n) is 4.99. The van der Waals surface area contributed by atoms with Gasteiger partial charge in [-0.05, 0) is 11.1 Å². The summed E-state index contributed by atoms with van der Waals surface area (Å²) in [4.78, 5) is 26.2. The zero-order valence-electron chi connectivity index (χ0n) is 17.0. The molecule has 3 heterocycles. The zero-order valence-corrected chi connectivity index (χ0v) is 17.0. The average Bonchev–Trinajstić information content (AvgIpc) is 3.05. The van der Waals surface area contributed by atoms with Gasteiger partial charge in [-0.3, -0.25) is 9.47 Å². The van der Waals surface area contributed by atoms with Gasteiger partial charge in [0.2, 0.25) is 0 Å². The average molecular weight is 414 g/mol. The Bertz CT molecular complexity index is 1060. The van der Waals surface area contributed by atoms with Crippen molar-refractivity contribution >= 4 is 17.0 Å². The van der Waals surface area contributed by atoms with E-state index in [1.807, 2.05) is 12.1 Å². The van der Waals surface area contributed by atoms with E-state index in [2.05, 4.69) is 32.0 Å². The molecule has 4 rings (SSSR count). The molecule has 1 aliphatic rings. The third-order valence-corrected chi connectivity index (χ3v) is 4.99. The van der Waals surface area contributed by atoms with Gasteiger partial charge in [-0.2, -0.15) is 9.97 Å². The van der Waals surface area contributed by atoms with Crippen LogP contribution in [0.2, 0.25) is 0 Å². The molecule has 1 aliphatic heterocycles. The molecule has 0 saturated carbocycles. The van der Waals surface area contributed by atoms with Crippen molar-refractivity contribution in [2.75, 3.05) is 52.4 Å². The molecule has 0 spiro atoms. The zero-order chi connectivity index (χ0) is 20.9. The summed E-state index contributed by atoms with van der Waals surface area (Å²) in [5.74, 6) is 0.171. The monoisotopic (exact) mass is 414 g/mol. The van der Waals surface area contributed by atoms with Gasteiger partial charge in [0.25, 0.3) is 0 Å². The maximum atomic E-state index is 12.6. The summed E-state index contributed by atoms with van der Waals surface area (Å²) in [5, 5.41) is 0. The minimum atomic E-state index is -0.293. The van der Waals surface area contributed by atoms with E-state index in [1.54, 1.807) is 11.7 Å². The molecule has 3 aromatic rings. The summed E-state index contributed by atoms with van der Waals surface area (Å²) in [7, 11) is 1.58. The summed E-state index contributed by atoms with van der Waals surface area (Å²) in [6.45, 7) is 5.29. The number of methoxy groups -OCH3 is 1. The van der Waals surface area contributed by atoms with Crippen molar-refractivity contribution in [1.82, 2.24) is 24.4 Å². The molecular weight excluding hydrogens is 388 g/mol. The van der Waals surface area contributed by atoms with Gasteiger partial charge in [0.05, 0.1) is 26.4 Å². The highest BCUT2D eigenvalue weighted by atomic mass is 16.5. The lowest BCUT2D eigenvalue weighted by atomic mass is 10.1. The Hall–Kier alpha value is -2.95. The quantitative estimate of drug-likeness (QED) is 0.515. The summed E-state index contributed by atoms with van der Waals surface area (Å²) in [6.07, 6.45) is 0. The van der Waals surface area contributed by atoms with Crippen LogP contribution >= 0.6 is 0 Å². The number of imidazole rings is 1. The molecule has 0 amide bonds. The standard InChI is InChI=1S/C20H26N6O4/c1-28-9-10-30-19-23-17(21)16-18(24-19)26(20(27)22-16)13-15-4-2-3-14(11-15)12-25-5-7-29-8-6-25/h2-4,11H,5-10,12-13H2,1H3,(H,22,27)(H2,21,23,24). The van der Waals surface area contributed by atoms with Gasteiger partial charge >= 0.3 is 11.7 Å². The van der Waals surface area contributed by atoms with Gasteiger partial charge in [-0.1, -0.05) is 24.3 Å². The molecule has 1 aromatic carbocycles. The third kappa shape index (κ3) is 4.61. The second-order valence-corrected chi connectivity index (χ2v) is 7.16. The molecule has 1 fully saturated rings. The molecule has 10 heteroatoms. The van der Waals surface area contributed by atoms with E-state index in [0.29, 0.717) is 30.9 Å². The molecule has 0 atom stereocenters. The summed E-state index contributed by atoms with van der Waals surface area (Å²) in [6, 6.07) is 8.33. The number of aromatic nitrogens is 4. The number of nitrogens with zero attached hydrogens (tertiary/aromatic N) is 4. The number of nitrogens with one attached hydrogen (secondary N) is 1. The Kier molecular flexibility index (Phi) is 6.26. The number of hydrogen-bond donors (Lipinski definition) is 2. The Balaban J connectivity index is 1.57. The molecule has 1 saturated heterocycles. The van der Waals surface area contributed by atoms with E-state index in [1.165, 1.54) is 5.56 Å². The number of fused-ring (bicyclic) bond motifs is 1. The van der Waals surface area contributed by atoms with Gasteiger partial charge in [0, 0.05) is 26.7 Å². The van der Waals surface area contributed by atoms with Crippen LogP contribution in [-0.2, 0) is 22.6 Å². The number of H-pyrrole nitrogens is 1. The Morgan fingerprint density at radius 2 is 1.93 bits per heavy atom. The van der Waals surface area contributed by atoms with E-state index < -0.39 is 0 Å². The lowest BCUT2D eigenvalue weighted by Gasteiger charge is -2.26. The fourth-order valence-electron chi connectivity index (χ4n) is 3.48. The Morgan fingerprint density at radius 1 is 1.17 bits per heavy atom. The Morgan fingerprint density at radius 3 is 2.70 bits per heavy atom. The second kappa shape index (κ2) is 9.24. The van der Waals surface area contributed by atoms with Gasteiger partial charge in [0.15, 0.2) is 11.5 Å². The van der Waals surface area contributed by atoms with E-state index in [-0.39, 0.29) is 17.5 Å². The number of anilines is 1. The van der Waals surface area contributed by atoms with Crippen molar-refractivity contribution in [1.29, 1.82) is 0 Å². The highest BCUT2D eigenvalue weighted by molar-refractivity contribution is 5.81. The van der Waals surface area contributed by atoms with Crippen molar-refractivity contribution in [2.45, 2.75) is 13.1 Å². The first-order valence-corrected chi connectivity index (χ1v) is 9.89. The van der Waals surface area contributed by atoms with Crippen LogP contribution < -0.4 is 16.2 Å². The lowest BCUT2D eigenvalue weighted by molar-refractivity contribution is 0.0342. The number of rotatable bonds is 8. The molecule has 30 heavy (non-hydrogen) atoms. The van der Waals surface area contributed by atoms with E-state index in [4.69, 9.17) is 19.9 Å². The van der Waals surface area contributed by atoms with Crippen LogP contribution in [0, 0.1) is 0 Å². The normalized spacial score (nSPS) is 15.0. The van der Waals surface area contributed by atoms with Crippen LogP contribution in [0.15, 0.2) is 29.1 Å². The van der Waals surface area contributed by atoms with Crippen molar-refractivity contribution in [2.24, 2.45) is 0 Å². The smallest absolute Gasteiger partial charge is 0.328 e. The van der Waals surface area contributed by atoms with E-state index >= 15 is 0 Å². The summed E-state index contributed by atoms with van der Waals surface area (Å²) >= 11 is 0. The van der Waals surface area contributed by atoms with Gasteiger partial charge in [-0.15, -0.1) is 0 Å². The highest BCUT2D eigenvalue weighted by Gasteiger charge is 2.16. The van der Waals surface area contributed by atoms with Crippen LogP contribution in [0.1, 0.15) is 11.1 Å². The molecule has 160 valence electrons. The number of morpholine rings is 1. The molecule has 3 N–H and O–H groups in total. The number of aromatic amines is 1. The summed E-state index contributed by atoms with van der Waals surface area (Å²) < 4.78 is 17.4. The van der Waals surface area contributed by atoms with Crippen molar-refractivity contribution in [3.05, 3.63) is 45.9 Å². The first kappa shape index (κ1) is 20.3. The van der Waals surface area contributed by atoms with Gasteiger partial charge < -0.3 is 24.9 Å². The lowest BCUT2D eigenvalue weighted by Crippen LogP contribution is -2.35. The molecular formula is C20H26N6O4. The summed E-state index contributed by atoms with van der Waals surface area (Å²) in [5.41, 5.74) is 8.73. The first-order valence-electron chi connectivity index (χ1n) is 9.89. The molecule has 0 unspecified atom stereocenters. The topological polar surface area (TPSA) is 121 Å². The van der Waals surface area contributed by atoms with Gasteiger partial charge in [-0.25, -0.2) is 4.79 Å². The number of hydrogen-bond acceptors (Lipinski definition) is 8. The molecule has 0 bridgehead atoms. The van der Waals surface area contributed by atoms with Crippen molar-refractivity contribution < 1.29 is 14.2 Å². The van der Waals surface area contributed by atoms with Gasteiger partial charge in [0.1, 0.15) is 12.1 Å². The van der Waals surface area contributed by atoms with E-state index in [9.17, 15) is 4.79 Å². The van der Waals surface area contributed by atoms with Crippen LogP contribution in [-0.4, -0.2) is 71.0 Å².